The van der Waals surface area contributed by atoms with Crippen LogP contribution in [0.1, 0.15) is 49.8 Å². The predicted octanol–water partition coefficient (Wildman–Crippen LogP) is 4.11. The number of hydrogen-bond acceptors (Lipinski definition) is 1. The number of hydrogen-bond donors (Lipinski definition) is 1. The summed E-state index contributed by atoms with van der Waals surface area (Å²) in [5.41, 5.74) is 1.29. The van der Waals surface area contributed by atoms with Crippen LogP contribution in [0, 0.1) is 29.9 Å². The van der Waals surface area contributed by atoms with Crippen LogP contribution < -0.4 is 5.32 Å². The number of nitrogens with one attached hydrogen (secondary N) is 1. The van der Waals surface area contributed by atoms with Crippen molar-refractivity contribution in [2.24, 2.45) is 11.3 Å². The number of rotatable bonds is 5. The highest BCUT2D eigenvalue weighted by Gasteiger charge is 2.53. The summed E-state index contributed by atoms with van der Waals surface area (Å²) < 4.78 is 27.4. The third-order valence-corrected chi connectivity index (χ3v) is 4.84. The first-order valence-corrected chi connectivity index (χ1v) is 7.21. The largest absolute Gasteiger partial charge is 0.310 e. The van der Waals surface area contributed by atoms with Gasteiger partial charge in [0.2, 0.25) is 0 Å². The summed E-state index contributed by atoms with van der Waals surface area (Å²) in [5.74, 6) is 0.246. The average Bonchev–Trinajstić information content (AvgIpc) is 3.23. The van der Waals surface area contributed by atoms with Crippen LogP contribution in [-0.2, 0) is 0 Å². The van der Waals surface area contributed by atoms with Crippen LogP contribution in [0.2, 0.25) is 0 Å². The first kappa shape index (κ1) is 13.0. The number of halogens is 2. The molecule has 1 N–H and O–H groups in total. The standard InChI is InChI=1S/C16H21F2N/c1-10-7-15(18)13(8-14(10)17)11(2)19-9-16(5-6-16)12-3-4-12/h7-8,11-12,19H,3-6,9H2,1-2H3. The lowest BCUT2D eigenvalue weighted by Gasteiger charge is -2.21. The molecule has 0 saturated heterocycles. The van der Waals surface area contributed by atoms with E-state index in [1.165, 1.54) is 37.8 Å². The van der Waals surface area contributed by atoms with Crippen molar-refractivity contribution in [2.75, 3.05) is 6.54 Å². The molecular weight excluding hydrogens is 244 g/mol. The minimum atomic E-state index is -0.326. The van der Waals surface area contributed by atoms with Crippen molar-refractivity contribution >= 4 is 0 Å². The van der Waals surface area contributed by atoms with Crippen LogP contribution in [0.4, 0.5) is 8.78 Å². The molecule has 0 amide bonds. The van der Waals surface area contributed by atoms with Gasteiger partial charge in [-0.3, -0.25) is 0 Å². The molecule has 2 aliphatic carbocycles. The zero-order chi connectivity index (χ0) is 13.6. The normalized spacial score (nSPS) is 22.3. The average molecular weight is 265 g/mol. The lowest BCUT2D eigenvalue weighted by Crippen LogP contribution is -2.28. The van der Waals surface area contributed by atoms with Gasteiger partial charge < -0.3 is 5.32 Å². The summed E-state index contributed by atoms with van der Waals surface area (Å²) in [5, 5.41) is 3.40. The fourth-order valence-electron chi connectivity index (χ4n) is 3.05. The van der Waals surface area contributed by atoms with Crippen LogP contribution in [0.3, 0.4) is 0 Å². The van der Waals surface area contributed by atoms with Crippen LogP contribution in [-0.4, -0.2) is 6.54 Å². The second-order valence-corrected chi connectivity index (χ2v) is 6.36. The molecule has 3 rings (SSSR count). The highest BCUT2D eigenvalue weighted by Crippen LogP contribution is 2.60. The van der Waals surface area contributed by atoms with E-state index < -0.39 is 0 Å². The van der Waals surface area contributed by atoms with Crippen LogP contribution >= 0.6 is 0 Å². The van der Waals surface area contributed by atoms with E-state index in [1.54, 1.807) is 6.92 Å². The van der Waals surface area contributed by atoms with E-state index in [4.69, 9.17) is 0 Å². The Hall–Kier alpha value is -0.960. The lowest BCUT2D eigenvalue weighted by molar-refractivity contribution is 0.377. The van der Waals surface area contributed by atoms with Gasteiger partial charge in [0, 0.05) is 18.2 Å². The van der Waals surface area contributed by atoms with E-state index in [9.17, 15) is 8.78 Å². The molecule has 2 fully saturated rings. The summed E-state index contributed by atoms with van der Waals surface area (Å²) in [6.45, 7) is 4.44. The maximum atomic E-state index is 13.9. The lowest BCUT2D eigenvalue weighted by atomic mass is 9.99. The SMILES string of the molecule is Cc1cc(F)c(C(C)NCC2(C3CC3)CC2)cc1F. The Morgan fingerprint density at radius 3 is 2.53 bits per heavy atom. The molecule has 0 spiro atoms. The van der Waals surface area contributed by atoms with E-state index in [0.717, 1.165) is 12.5 Å². The van der Waals surface area contributed by atoms with Crippen molar-refractivity contribution < 1.29 is 8.78 Å². The maximum absolute atomic E-state index is 13.9. The molecule has 0 bridgehead atoms. The predicted molar refractivity (Wildman–Crippen MR) is 71.9 cm³/mol. The second-order valence-electron chi connectivity index (χ2n) is 6.36. The van der Waals surface area contributed by atoms with Crippen LogP contribution in [0.5, 0.6) is 0 Å². The minimum absolute atomic E-state index is 0.133. The Bertz CT molecular complexity index is 490. The van der Waals surface area contributed by atoms with Crippen molar-refractivity contribution in [1.82, 2.24) is 5.32 Å². The van der Waals surface area contributed by atoms with Gasteiger partial charge >= 0.3 is 0 Å². The van der Waals surface area contributed by atoms with Crippen LogP contribution in [0.25, 0.3) is 0 Å². The zero-order valence-corrected chi connectivity index (χ0v) is 11.6. The monoisotopic (exact) mass is 265 g/mol. The Morgan fingerprint density at radius 1 is 1.26 bits per heavy atom. The summed E-state index contributed by atoms with van der Waals surface area (Å²) in [4.78, 5) is 0. The maximum Gasteiger partial charge on any atom is 0.128 e. The minimum Gasteiger partial charge on any atom is -0.310 e. The molecule has 1 atom stereocenters. The van der Waals surface area contributed by atoms with E-state index >= 15 is 0 Å². The van der Waals surface area contributed by atoms with Crippen molar-refractivity contribution in [3.8, 4) is 0 Å². The zero-order valence-electron chi connectivity index (χ0n) is 11.6. The fourth-order valence-corrected chi connectivity index (χ4v) is 3.05. The summed E-state index contributed by atoms with van der Waals surface area (Å²) >= 11 is 0. The molecule has 1 aromatic rings. The number of benzene rings is 1. The molecule has 2 aliphatic rings. The molecule has 0 heterocycles. The van der Waals surface area contributed by atoms with Gasteiger partial charge in [-0.05, 0) is 68.6 Å². The molecule has 0 radical (unpaired) electrons. The molecule has 3 heteroatoms. The van der Waals surface area contributed by atoms with Crippen molar-refractivity contribution in [2.45, 2.75) is 45.6 Å². The molecule has 0 aliphatic heterocycles. The van der Waals surface area contributed by atoms with Gasteiger partial charge in [-0.15, -0.1) is 0 Å². The molecule has 1 nitrogen and oxygen atoms in total. The smallest absolute Gasteiger partial charge is 0.128 e. The van der Waals surface area contributed by atoms with E-state index in [0.29, 0.717) is 16.5 Å². The van der Waals surface area contributed by atoms with Gasteiger partial charge in [0.25, 0.3) is 0 Å². The van der Waals surface area contributed by atoms with E-state index in [1.807, 2.05) is 6.92 Å². The van der Waals surface area contributed by atoms with Crippen molar-refractivity contribution in [3.05, 3.63) is 34.9 Å². The molecule has 19 heavy (non-hydrogen) atoms. The Balaban J connectivity index is 1.66. The van der Waals surface area contributed by atoms with Gasteiger partial charge in [0.1, 0.15) is 11.6 Å². The van der Waals surface area contributed by atoms with Gasteiger partial charge in [-0.1, -0.05) is 0 Å². The third kappa shape index (κ3) is 2.53. The highest BCUT2D eigenvalue weighted by atomic mass is 19.1. The summed E-state index contributed by atoms with van der Waals surface area (Å²) in [6, 6.07) is 2.49. The Morgan fingerprint density at radius 2 is 1.95 bits per heavy atom. The molecule has 1 unspecified atom stereocenters. The fraction of sp³-hybridized carbons (Fsp3) is 0.625. The first-order valence-electron chi connectivity index (χ1n) is 7.21. The summed E-state index contributed by atoms with van der Waals surface area (Å²) in [7, 11) is 0. The molecule has 104 valence electrons. The third-order valence-electron chi connectivity index (χ3n) is 4.84. The van der Waals surface area contributed by atoms with Crippen molar-refractivity contribution in [3.63, 3.8) is 0 Å². The van der Waals surface area contributed by atoms with Gasteiger partial charge in [0.05, 0.1) is 0 Å². The Labute approximate surface area is 113 Å². The quantitative estimate of drug-likeness (QED) is 0.844. The van der Waals surface area contributed by atoms with Gasteiger partial charge in [0.15, 0.2) is 0 Å². The first-order chi connectivity index (χ1) is 9.02. The molecule has 2 saturated carbocycles. The summed E-state index contributed by atoms with van der Waals surface area (Å²) in [6.07, 6.45) is 5.29. The second kappa shape index (κ2) is 4.55. The van der Waals surface area contributed by atoms with Gasteiger partial charge in [-0.25, -0.2) is 8.78 Å². The van der Waals surface area contributed by atoms with Crippen molar-refractivity contribution in [1.29, 1.82) is 0 Å². The highest BCUT2D eigenvalue weighted by molar-refractivity contribution is 5.27. The molecule has 0 aromatic heterocycles. The Kier molecular flexibility index (Phi) is 3.12. The van der Waals surface area contributed by atoms with Crippen LogP contribution in [0.15, 0.2) is 12.1 Å². The molecule has 1 aromatic carbocycles. The van der Waals surface area contributed by atoms with E-state index in [2.05, 4.69) is 5.32 Å². The van der Waals surface area contributed by atoms with E-state index in [-0.39, 0.29) is 17.7 Å². The topological polar surface area (TPSA) is 12.0 Å². The van der Waals surface area contributed by atoms with Gasteiger partial charge in [-0.2, -0.15) is 0 Å². The molecular formula is C16H21F2N. The number of aryl methyl sites for hydroxylation is 1.